The second kappa shape index (κ2) is 2.86. The SMILES string of the molecule is CC(=O)CC1C=CN(C)C1. The van der Waals surface area contributed by atoms with Gasteiger partial charge in [0.1, 0.15) is 5.78 Å². The van der Waals surface area contributed by atoms with Crippen LogP contribution in [0.25, 0.3) is 0 Å². The molecule has 1 aliphatic heterocycles. The molecule has 1 aliphatic rings. The number of carbonyl (C=O) groups excluding carboxylic acids is 1. The van der Waals surface area contributed by atoms with E-state index in [0.29, 0.717) is 12.3 Å². The Morgan fingerprint density at radius 2 is 2.50 bits per heavy atom. The van der Waals surface area contributed by atoms with Crippen molar-refractivity contribution in [3.63, 3.8) is 0 Å². The van der Waals surface area contributed by atoms with Crippen molar-refractivity contribution in [1.29, 1.82) is 0 Å². The summed E-state index contributed by atoms with van der Waals surface area (Å²) in [5.74, 6) is 0.743. The Morgan fingerprint density at radius 1 is 1.80 bits per heavy atom. The molecular weight excluding hydrogens is 126 g/mol. The zero-order valence-corrected chi connectivity index (χ0v) is 6.50. The molecule has 0 aromatic rings. The normalized spacial score (nSPS) is 23.8. The lowest BCUT2D eigenvalue weighted by atomic mass is 10.1. The van der Waals surface area contributed by atoms with Crippen LogP contribution in [0.15, 0.2) is 12.3 Å². The van der Waals surface area contributed by atoms with Crippen molar-refractivity contribution >= 4 is 5.78 Å². The van der Waals surface area contributed by atoms with Gasteiger partial charge in [-0.05, 0) is 13.1 Å². The Morgan fingerprint density at radius 3 is 2.90 bits per heavy atom. The van der Waals surface area contributed by atoms with E-state index < -0.39 is 0 Å². The van der Waals surface area contributed by atoms with Crippen LogP contribution in [0, 0.1) is 5.92 Å². The predicted molar refractivity (Wildman–Crippen MR) is 40.6 cm³/mol. The molecule has 1 atom stereocenters. The standard InChI is InChI=1S/C8H13NO/c1-7(10)5-8-3-4-9(2)6-8/h3-4,8H,5-6H2,1-2H3. The van der Waals surface area contributed by atoms with Crippen LogP contribution < -0.4 is 0 Å². The number of nitrogens with zero attached hydrogens (tertiary/aromatic N) is 1. The third kappa shape index (κ3) is 1.87. The summed E-state index contributed by atoms with van der Waals surface area (Å²) >= 11 is 0. The van der Waals surface area contributed by atoms with E-state index in [4.69, 9.17) is 0 Å². The lowest BCUT2D eigenvalue weighted by Gasteiger charge is -2.09. The smallest absolute Gasteiger partial charge is 0.130 e. The van der Waals surface area contributed by atoms with Gasteiger partial charge in [-0.15, -0.1) is 0 Å². The minimum Gasteiger partial charge on any atom is -0.380 e. The number of rotatable bonds is 2. The maximum atomic E-state index is 10.7. The fourth-order valence-electron chi connectivity index (χ4n) is 1.26. The third-order valence-corrected chi connectivity index (χ3v) is 1.68. The van der Waals surface area contributed by atoms with Gasteiger partial charge in [0.05, 0.1) is 0 Å². The van der Waals surface area contributed by atoms with Crippen molar-refractivity contribution in [2.75, 3.05) is 13.6 Å². The minimum absolute atomic E-state index is 0.282. The summed E-state index contributed by atoms with van der Waals surface area (Å²) in [4.78, 5) is 12.8. The Kier molecular flexibility index (Phi) is 2.10. The average molecular weight is 139 g/mol. The molecular formula is C8H13NO. The van der Waals surface area contributed by atoms with Gasteiger partial charge in [0.2, 0.25) is 0 Å². The van der Waals surface area contributed by atoms with Gasteiger partial charge >= 0.3 is 0 Å². The molecule has 2 nitrogen and oxygen atoms in total. The molecule has 0 aliphatic carbocycles. The molecule has 2 heteroatoms. The molecule has 1 heterocycles. The van der Waals surface area contributed by atoms with E-state index in [9.17, 15) is 4.79 Å². The van der Waals surface area contributed by atoms with E-state index in [2.05, 4.69) is 11.0 Å². The van der Waals surface area contributed by atoms with E-state index in [1.807, 2.05) is 13.2 Å². The number of carbonyl (C=O) groups is 1. The van der Waals surface area contributed by atoms with Gasteiger partial charge in [-0.3, -0.25) is 0 Å². The van der Waals surface area contributed by atoms with Crippen LogP contribution in [0.1, 0.15) is 13.3 Å². The van der Waals surface area contributed by atoms with Gasteiger partial charge in [-0.2, -0.15) is 0 Å². The molecule has 1 unspecified atom stereocenters. The van der Waals surface area contributed by atoms with E-state index in [1.54, 1.807) is 6.92 Å². The Balaban J connectivity index is 2.33. The minimum atomic E-state index is 0.282. The quantitative estimate of drug-likeness (QED) is 0.569. The summed E-state index contributed by atoms with van der Waals surface area (Å²) < 4.78 is 0. The van der Waals surface area contributed by atoms with Crippen LogP contribution in [0.5, 0.6) is 0 Å². The molecule has 56 valence electrons. The average Bonchev–Trinajstić information content (AvgIpc) is 2.13. The zero-order chi connectivity index (χ0) is 7.56. The van der Waals surface area contributed by atoms with Gasteiger partial charge in [0.15, 0.2) is 0 Å². The van der Waals surface area contributed by atoms with E-state index >= 15 is 0 Å². The number of hydrogen-bond acceptors (Lipinski definition) is 2. The first-order valence-electron chi connectivity index (χ1n) is 3.56. The highest BCUT2D eigenvalue weighted by Gasteiger charge is 2.13. The van der Waals surface area contributed by atoms with Gasteiger partial charge in [0.25, 0.3) is 0 Å². The molecule has 0 fully saturated rings. The van der Waals surface area contributed by atoms with Crippen molar-refractivity contribution in [2.24, 2.45) is 5.92 Å². The summed E-state index contributed by atoms with van der Waals surface area (Å²) in [6.45, 7) is 2.64. The summed E-state index contributed by atoms with van der Waals surface area (Å²) in [6.07, 6.45) is 4.83. The summed E-state index contributed by atoms with van der Waals surface area (Å²) in [7, 11) is 2.02. The maximum absolute atomic E-state index is 10.7. The molecule has 0 bridgehead atoms. The van der Waals surface area contributed by atoms with E-state index in [1.165, 1.54) is 0 Å². The van der Waals surface area contributed by atoms with Gasteiger partial charge < -0.3 is 9.69 Å². The number of hydrogen-bond donors (Lipinski definition) is 0. The van der Waals surface area contributed by atoms with Gasteiger partial charge in [-0.1, -0.05) is 6.08 Å². The summed E-state index contributed by atoms with van der Waals surface area (Å²) in [5.41, 5.74) is 0. The number of Topliss-reactive ketones (excluding diaryl/α,β-unsaturated/α-hetero) is 1. The van der Waals surface area contributed by atoms with E-state index in [0.717, 1.165) is 6.54 Å². The molecule has 0 spiro atoms. The van der Waals surface area contributed by atoms with Crippen LogP contribution in [-0.4, -0.2) is 24.3 Å². The van der Waals surface area contributed by atoms with Crippen molar-refractivity contribution in [1.82, 2.24) is 4.90 Å². The highest BCUT2D eigenvalue weighted by molar-refractivity contribution is 5.76. The summed E-state index contributed by atoms with van der Waals surface area (Å²) in [5, 5.41) is 0. The first-order valence-corrected chi connectivity index (χ1v) is 3.56. The fourth-order valence-corrected chi connectivity index (χ4v) is 1.26. The first kappa shape index (κ1) is 7.32. The van der Waals surface area contributed by atoms with Crippen molar-refractivity contribution in [3.8, 4) is 0 Å². The van der Waals surface area contributed by atoms with Gasteiger partial charge in [-0.25, -0.2) is 0 Å². The zero-order valence-electron chi connectivity index (χ0n) is 6.50. The predicted octanol–water partition coefficient (Wildman–Crippen LogP) is 1.04. The maximum Gasteiger partial charge on any atom is 0.130 e. The molecule has 0 amide bonds. The monoisotopic (exact) mass is 139 g/mol. The van der Waals surface area contributed by atoms with Crippen LogP contribution in [0.3, 0.4) is 0 Å². The van der Waals surface area contributed by atoms with Crippen molar-refractivity contribution < 1.29 is 4.79 Å². The lowest BCUT2D eigenvalue weighted by molar-refractivity contribution is -0.117. The highest BCUT2D eigenvalue weighted by atomic mass is 16.1. The van der Waals surface area contributed by atoms with Crippen LogP contribution >= 0.6 is 0 Å². The second-order valence-corrected chi connectivity index (χ2v) is 2.95. The second-order valence-electron chi connectivity index (χ2n) is 2.95. The molecule has 0 radical (unpaired) electrons. The van der Waals surface area contributed by atoms with Gasteiger partial charge in [0, 0.05) is 25.9 Å². The molecule has 1 rings (SSSR count). The van der Waals surface area contributed by atoms with Crippen LogP contribution in [-0.2, 0) is 4.79 Å². The molecule has 0 aromatic heterocycles. The lowest BCUT2D eigenvalue weighted by Crippen LogP contribution is -2.14. The van der Waals surface area contributed by atoms with Crippen LogP contribution in [0.4, 0.5) is 0 Å². The molecule has 10 heavy (non-hydrogen) atoms. The van der Waals surface area contributed by atoms with Crippen molar-refractivity contribution in [3.05, 3.63) is 12.3 Å². The Hall–Kier alpha value is -0.790. The summed E-state index contributed by atoms with van der Waals surface area (Å²) in [6, 6.07) is 0. The Labute approximate surface area is 61.5 Å². The molecule has 0 saturated heterocycles. The third-order valence-electron chi connectivity index (χ3n) is 1.68. The van der Waals surface area contributed by atoms with Crippen LogP contribution in [0.2, 0.25) is 0 Å². The fraction of sp³-hybridized carbons (Fsp3) is 0.625. The Bertz CT molecular complexity index is 163. The molecule has 0 N–H and O–H groups in total. The molecule has 0 aromatic carbocycles. The van der Waals surface area contributed by atoms with E-state index in [-0.39, 0.29) is 5.78 Å². The molecule has 0 saturated carbocycles. The highest BCUT2D eigenvalue weighted by Crippen LogP contribution is 2.13. The number of ketones is 1. The van der Waals surface area contributed by atoms with Crippen molar-refractivity contribution in [2.45, 2.75) is 13.3 Å². The topological polar surface area (TPSA) is 20.3 Å². The first-order chi connectivity index (χ1) is 4.68. The largest absolute Gasteiger partial charge is 0.380 e.